The van der Waals surface area contributed by atoms with E-state index in [0.29, 0.717) is 17.1 Å². The molecule has 3 N–H and O–H groups in total. The lowest BCUT2D eigenvalue weighted by Gasteiger charge is -2.05. The second kappa shape index (κ2) is 5.01. The van der Waals surface area contributed by atoms with Crippen LogP contribution in [-0.4, -0.2) is 16.7 Å². The Balaban J connectivity index is 2.05. The fourth-order valence-corrected chi connectivity index (χ4v) is 2.05. The molecule has 0 unspecified atom stereocenters. The van der Waals surface area contributed by atoms with Gasteiger partial charge >= 0.3 is 0 Å². The fraction of sp³-hybridized carbons (Fsp3) is 0. The first-order chi connectivity index (χ1) is 9.75. The summed E-state index contributed by atoms with van der Waals surface area (Å²) >= 11 is 0. The molecule has 1 heterocycles. The number of rotatable bonds is 2. The Bertz CT molecular complexity index is 730. The Labute approximate surface area is 116 Å². The average Bonchev–Trinajstić information content (AvgIpc) is 2.84. The highest BCUT2D eigenvalue weighted by molar-refractivity contribution is 6.33. The van der Waals surface area contributed by atoms with Crippen molar-refractivity contribution in [1.82, 2.24) is 0 Å². The van der Waals surface area contributed by atoms with E-state index >= 15 is 0 Å². The van der Waals surface area contributed by atoms with Crippen LogP contribution in [0, 0.1) is 0 Å². The van der Waals surface area contributed by atoms with Gasteiger partial charge in [-0.25, -0.2) is 0 Å². The van der Waals surface area contributed by atoms with Gasteiger partial charge in [-0.3, -0.25) is 0 Å². The van der Waals surface area contributed by atoms with Gasteiger partial charge in [0.1, 0.15) is 11.5 Å². The van der Waals surface area contributed by atoms with Crippen molar-refractivity contribution < 1.29 is 5.11 Å². The molecule has 0 fully saturated rings. The van der Waals surface area contributed by atoms with Gasteiger partial charge in [0.2, 0.25) is 0 Å². The molecule has 0 atom stereocenters. The lowest BCUT2D eigenvalue weighted by atomic mass is 10.00. The summed E-state index contributed by atoms with van der Waals surface area (Å²) in [7, 11) is 0. The summed E-state index contributed by atoms with van der Waals surface area (Å²) in [4.78, 5) is 0. The first-order valence-corrected chi connectivity index (χ1v) is 6.22. The fourth-order valence-electron chi connectivity index (χ4n) is 2.05. The first kappa shape index (κ1) is 12.2. The highest BCUT2D eigenvalue weighted by atomic mass is 16.3. The van der Waals surface area contributed by atoms with Crippen LogP contribution in [0.3, 0.4) is 0 Å². The topological polar surface area (TPSA) is 71.0 Å². The van der Waals surface area contributed by atoms with Gasteiger partial charge in [0.25, 0.3) is 0 Å². The molecule has 4 heteroatoms. The van der Waals surface area contributed by atoms with Gasteiger partial charge in [-0.1, -0.05) is 48.5 Å². The lowest BCUT2D eigenvalue weighted by Crippen LogP contribution is -2.17. The number of amidine groups is 1. The van der Waals surface area contributed by atoms with E-state index in [0.717, 1.165) is 11.1 Å². The molecule has 4 nitrogen and oxygen atoms in total. The summed E-state index contributed by atoms with van der Waals surface area (Å²) in [5.41, 5.74) is 8.95. The van der Waals surface area contributed by atoms with Crippen molar-refractivity contribution in [3.8, 4) is 5.75 Å². The van der Waals surface area contributed by atoms with E-state index in [2.05, 4.69) is 10.2 Å². The van der Waals surface area contributed by atoms with Crippen LogP contribution < -0.4 is 5.73 Å². The third-order valence-corrected chi connectivity index (χ3v) is 3.07. The maximum absolute atomic E-state index is 9.85. The molecular formula is C16H13N3O. The zero-order valence-corrected chi connectivity index (χ0v) is 10.7. The number of phenolic OH excluding ortho intramolecular Hbond substituents is 1. The highest BCUT2D eigenvalue weighted by Gasteiger charge is 2.19. The van der Waals surface area contributed by atoms with E-state index in [1.54, 1.807) is 18.2 Å². The Morgan fingerprint density at radius 3 is 2.35 bits per heavy atom. The van der Waals surface area contributed by atoms with Gasteiger partial charge in [-0.15, -0.1) is 10.2 Å². The van der Waals surface area contributed by atoms with Gasteiger partial charge in [0, 0.05) is 16.7 Å². The summed E-state index contributed by atoms with van der Waals surface area (Å²) in [5, 5.41) is 17.9. The summed E-state index contributed by atoms with van der Waals surface area (Å²) in [6.45, 7) is 0. The zero-order chi connectivity index (χ0) is 13.9. The standard InChI is InChI=1S/C16H13N3O/c17-16-13(10-12-8-4-5-9-14(12)20)15(18-19-16)11-6-2-1-3-7-11/h1-10,20H,(H2,17,19)/b13-10-. The van der Waals surface area contributed by atoms with E-state index in [9.17, 15) is 5.11 Å². The first-order valence-electron chi connectivity index (χ1n) is 6.22. The number of nitrogens with two attached hydrogens (primary N) is 1. The van der Waals surface area contributed by atoms with Crippen LogP contribution in [0.15, 0.2) is 70.4 Å². The average molecular weight is 263 g/mol. The normalized spacial score (nSPS) is 16.1. The highest BCUT2D eigenvalue weighted by Crippen LogP contribution is 2.23. The summed E-state index contributed by atoms with van der Waals surface area (Å²) in [6.07, 6.45) is 1.80. The minimum absolute atomic E-state index is 0.201. The number of aromatic hydroxyl groups is 1. The molecule has 0 saturated carbocycles. The molecule has 2 aromatic rings. The molecule has 2 aromatic carbocycles. The maximum Gasteiger partial charge on any atom is 0.155 e. The number of para-hydroxylation sites is 1. The minimum Gasteiger partial charge on any atom is -0.507 e. The van der Waals surface area contributed by atoms with Crippen molar-refractivity contribution in [3.63, 3.8) is 0 Å². The number of hydrogen-bond donors (Lipinski definition) is 2. The molecule has 1 aliphatic heterocycles. The van der Waals surface area contributed by atoms with Crippen LogP contribution in [0.2, 0.25) is 0 Å². The van der Waals surface area contributed by atoms with E-state index < -0.39 is 0 Å². The Morgan fingerprint density at radius 2 is 1.60 bits per heavy atom. The molecule has 0 amide bonds. The van der Waals surface area contributed by atoms with Crippen molar-refractivity contribution >= 4 is 17.6 Å². The van der Waals surface area contributed by atoms with E-state index in [4.69, 9.17) is 5.73 Å². The van der Waals surface area contributed by atoms with Gasteiger partial charge in [-0.05, 0) is 12.1 Å². The predicted octanol–water partition coefficient (Wildman–Crippen LogP) is 2.55. The SMILES string of the molecule is NC1=NN=C(c2ccccc2)/C1=C/c1ccccc1O. The number of nitrogens with zero attached hydrogens (tertiary/aromatic N) is 2. The molecule has 0 spiro atoms. The molecule has 0 bridgehead atoms. The monoisotopic (exact) mass is 263 g/mol. The molecule has 20 heavy (non-hydrogen) atoms. The minimum atomic E-state index is 0.201. The van der Waals surface area contributed by atoms with Gasteiger partial charge in [0.05, 0.1) is 0 Å². The Kier molecular flexibility index (Phi) is 3.05. The van der Waals surface area contributed by atoms with Gasteiger partial charge in [-0.2, -0.15) is 0 Å². The Hall–Kier alpha value is -2.88. The largest absolute Gasteiger partial charge is 0.507 e. The number of benzene rings is 2. The van der Waals surface area contributed by atoms with Crippen molar-refractivity contribution in [2.24, 2.45) is 15.9 Å². The molecule has 0 saturated heterocycles. The maximum atomic E-state index is 9.85. The molecule has 0 aliphatic carbocycles. The molecule has 1 aliphatic rings. The zero-order valence-electron chi connectivity index (χ0n) is 10.7. The third kappa shape index (κ3) is 2.19. The summed E-state index contributed by atoms with van der Waals surface area (Å²) in [5.74, 6) is 0.555. The molecule has 3 rings (SSSR count). The number of hydrogen-bond acceptors (Lipinski definition) is 4. The number of phenols is 1. The van der Waals surface area contributed by atoms with Crippen LogP contribution in [-0.2, 0) is 0 Å². The third-order valence-electron chi connectivity index (χ3n) is 3.07. The summed E-state index contributed by atoms with van der Waals surface area (Å²) in [6, 6.07) is 16.8. The van der Waals surface area contributed by atoms with Crippen molar-refractivity contribution in [2.45, 2.75) is 0 Å². The van der Waals surface area contributed by atoms with Gasteiger partial charge in [0.15, 0.2) is 5.84 Å². The van der Waals surface area contributed by atoms with E-state index in [1.165, 1.54) is 0 Å². The van der Waals surface area contributed by atoms with Gasteiger partial charge < -0.3 is 10.8 Å². The van der Waals surface area contributed by atoms with Crippen LogP contribution in [0.1, 0.15) is 11.1 Å². The second-order valence-corrected chi connectivity index (χ2v) is 4.42. The van der Waals surface area contributed by atoms with Crippen LogP contribution in [0.5, 0.6) is 5.75 Å². The van der Waals surface area contributed by atoms with E-state index in [-0.39, 0.29) is 5.75 Å². The molecule has 98 valence electrons. The van der Waals surface area contributed by atoms with Crippen LogP contribution in [0.25, 0.3) is 6.08 Å². The quantitative estimate of drug-likeness (QED) is 0.874. The second-order valence-electron chi connectivity index (χ2n) is 4.42. The smallest absolute Gasteiger partial charge is 0.155 e. The van der Waals surface area contributed by atoms with Crippen LogP contribution >= 0.6 is 0 Å². The van der Waals surface area contributed by atoms with Crippen molar-refractivity contribution in [2.75, 3.05) is 0 Å². The molecule has 0 aromatic heterocycles. The molecular weight excluding hydrogens is 250 g/mol. The van der Waals surface area contributed by atoms with Crippen LogP contribution in [0.4, 0.5) is 0 Å². The molecule has 0 radical (unpaired) electrons. The lowest BCUT2D eigenvalue weighted by molar-refractivity contribution is 0.474. The van der Waals surface area contributed by atoms with Crippen molar-refractivity contribution in [1.29, 1.82) is 0 Å². The summed E-state index contributed by atoms with van der Waals surface area (Å²) < 4.78 is 0. The predicted molar refractivity (Wildman–Crippen MR) is 80.7 cm³/mol. The van der Waals surface area contributed by atoms with E-state index in [1.807, 2.05) is 42.5 Å². The van der Waals surface area contributed by atoms with Crippen molar-refractivity contribution in [3.05, 3.63) is 71.3 Å². The Morgan fingerprint density at radius 1 is 0.900 bits per heavy atom.